The number of likely N-dealkylation sites (tertiary alicyclic amines) is 1. The summed E-state index contributed by atoms with van der Waals surface area (Å²) in [7, 11) is 0. The number of carbonyl (C=O) groups excluding carboxylic acids is 1. The Morgan fingerprint density at radius 1 is 1.27 bits per heavy atom. The summed E-state index contributed by atoms with van der Waals surface area (Å²) in [6.45, 7) is 12.8. The maximum Gasteiger partial charge on any atom is 0.260 e. The molecule has 2 heterocycles. The quantitative estimate of drug-likeness (QED) is 0.359. The van der Waals surface area contributed by atoms with E-state index in [-0.39, 0.29) is 5.91 Å². The lowest BCUT2D eigenvalue weighted by molar-refractivity contribution is -0.188. The minimum absolute atomic E-state index is 0.0428. The van der Waals surface area contributed by atoms with Crippen molar-refractivity contribution >= 4 is 5.91 Å². The first-order valence-electron chi connectivity index (χ1n) is 12.8. The van der Waals surface area contributed by atoms with Gasteiger partial charge in [0.1, 0.15) is 12.0 Å². The van der Waals surface area contributed by atoms with Crippen molar-refractivity contribution in [1.29, 1.82) is 0 Å². The number of fused-ring (bicyclic) bond motifs is 1. The van der Waals surface area contributed by atoms with E-state index < -0.39 is 6.23 Å². The molecule has 0 spiro atoms. The lowest BCUT2D eigenvalue weighted by atomic mass is 9.93. The number of hydrogen-bond acceptors (Lipinski definition) is 6. The fourth-order valence-corrected chi connectivity index (χ4v) is 5.02. The van der Waals surface area contributed by atoms with Crippen molar-refractivity contribution in [2.75, 3.05) is 45.9 Å². The molecule has 3 rings (SSSR count). The molecule has 1 saturated heterocycles. The van der Waals surface area contributed by atoms with Crippen molar-refractivity contribution in [1.82, 2.24) is 14.9 Å². The number of rotatable bonds is 13. The second-order valence-electron chi connectivity index (χ2n) is 9.36. The molecular weight excluding hydrogens is 418 g/mol. The van der Waals surface area contributed by atoms with Gasteiger partial charge in [-0.3, -0.25) is 19.4 Å². The molecule has 2 aliphatic rings. The highest BCUT2D eigenvalue weighted by Gasteiger charge is 2.35. The third kappa shape index (κ3) is 6.92. The van der Waals surface area contributed by atoms with E-state index in [1.54, 1.807) is 5.06 Å². The number of carbonyl (C=O) groups is 1. The first-order valence-corrected chi connectivity index (χ1v) is 12.8. The Balaban J connectivity index is 1.71. The van der Waals surface area contributed by atoms with Crippen LogP contribution in [-0.2, 0) is 16.1 Å². The zero-order valence-electron chi connectivity index (χ0n) is 21.0. The maximum absolute atomic E-state index is 13.1. The van der Waals surface area contributed by atoms with Gasteiger partial charge >= 0.3 is 0 Å². The van der Waals surface area contributed by atoms with Crippen LogP contribution in [-0.4, -0.2) is 84.1 Å². The highest BCUT2D eigenvalue weighted by atomic mass is 16.7. The summed E-state index contributed by atoms with van der Waals surface area (Å²) in [4.78, 5) is 23.3. The summed E-state index contributed by atoms with van der Waals surface area (Å²) in [5, 5.41) is 11.6. The van der Waals surface area contributed by atoms with Gasteiger partial charge in [0.25, 0.3) is 5.91 Å². The Morgan fingerprint density at radius 3 is 2.79 bits per heavy atom. The minimum Gasteiger partial charge on any atom is -0.493 e. The normalized spacial score (nSPS) is 21.3. The molecule has 2 aliphatic heterocycles. The van der Waals surface area contributed by atoms with Gasteiger partial charge in [0.2, 0.25) is 0 Å². The van der Waals surface area contributed by atoms with Crippen LogP contribution in [0.4, 0.5) is 0 Å². The van der Waals surface area contributed by atoms with Gasteiger partial charge in [0.15, 0.2) is 0 Å². The monoisotopic (exact) mass is 461 g/mol. The number of nitrogens with zero attached hydrogens (tertiary/aromatic N) is 3. The topological polar surface area (TPSA) is 65.5 Å². The summed E-state index contributed by atoms with van der Waals surface area (Å²) in [5.74, 6) is 1.45. The van der Waals surface area contributed by atoms with Crippen molar-refractivity contribution in [3.8, 4) is 5.75 Å². The molecule has 0 aromatic heterocycles. The molecular formula is C26H43N3O4. The standard InChI is InChI=1S/C26H43N3O4/c1-5-12-29(33-14-6-2)26(31)19-28-18-23(17-24(28)10-13-27(7-3)20(4)30)21-8-9-25-22(16-21)11-15-32-25/h8-9,16,20,23-24,30H,5-7,10-15,17-19H2,1-4H3/t20?,23?,24-/m0/s1. The highest BCUT2D eigenvalue weighted by Crippen LogP contribution is 2.36. The first kappa shape index (κ1) is 25.9. The Hall–Kier alpha value is -1.67. The largest absolute Gasteiger partial charge is 0.493 e. The van der Waals surface area contributed by atoms with Crippen LogP contribution in [0.3, 0.4) is 0 Å². The molecule has 0 radical (unpaired) electrons. The van der Waals surface area contributed by atoms with Crippen molar-refractivity contribution in [2.24, 2.45) is 0 Å². The van der Waals surface area contributed by atoms with Crippen molar-refractivity contribution in [3.63, 3.8) is 0 Å². The summed E-state index contributed by atoms with van der Waals surface area (Å²) < 4.78 is 5.69. The Labute approximate surface area is 199 Å². The zero-order valence-corrected chi connectivity index (χ0v) is 21.0. The number of aliphatic hydroxyl groups is 1. The molecule has 1 N–H and O–H groups in total. The van der Waals surface area contributed by atoms with E-state index in [9.17, 15) is 9.90 Å². The molecule has 0 bridgehead atoms. The summed E-state index contributed by atoms with van der Waals surface area (Å²) in [5.41, 5.74) is 2.64. The number of amides is 1. The SMILES string of the molecule is CCCON(CCC)C(=O)CN1CC(c2ccc3c(c2)CCO3)C[C@@H]1CCN(CC)C(C)O. The Kier molecular flexibility index (Phi) is 9.98. The molecule has 1 amide bonds. The summed E-state index contributed by atoms with van der Waals surface area (Å²) in [6.07, 6.45) is 4.23. The second kappa shape index (κ2) is 12.7. The van der Waals surface area contributed by atoms with Crippen LogP contribution < -0.4 is 4.74 Å². The minimum atomic E-state index is -0.457. The van der Waals surface area contributed by atoms with Crippen LogP contribution in [0.25, 0.3) is 0 Å². The average molecular weight is 462 g/mol. The van der Waals surface area contributed by atoms with Crippen molar-refractivity contribution in [2.45, 2.75) is 78.0 Å². The van der Waals surface area contributed by atoms with Crippen molar-refractivity contribution < 1.29 is 19.5 Å². The molecule has 0 saturated carbocycles. The molecule has 3 atom stereocenters. The highest BCUT2D eigenvalue weighted by molar-refractivity contribution is 5.77. The van der Waals surface area contributed by atoms with Crippen molar-refractivity contribution in [3.05, 3.63) is 29.3 Å². The van der Waals surface area contributed by atoms with Gasteiger partial charge in [0.05, 0.1) is 19.8 Å². The van der Waals surface area contributed by atoms with E-state index in [0.29, 0.717) is 31.7 Å². The number of aliphatic hydroxyl groups excluding tert-OH is 1. The van der Waals surface area contributed by atoms with E-state index in [0.717, 1.165) is 64.1 Å². The van der Waals surface area contributed by atoms with Gasteiger partial charge in [0, 0.05) is 32.1 Å². The van der Waals surface area contributed by atoms with Gasteiger partial charge in [-0.05, 0) is 62.3 Å². The van der Waals surface area contributed by atoms with Crippen LogP contribution in [0.15, 0.2) is 18.2 Å². The molecule has 7 heteroatoms. The van der Waals surface area contributed by atoms with Gasteiger partial charge in [-0.2, -0.15) is 0 Å². The lowest BCUT2D eigenvalue weighted by Gasteiger charge is -2.30. The van der Waals surface area contributed by atoms with Crippen LogP contribution in [0.1, 0.15) is 70.4 Å². The molecule has 1 aromatic carbocycles. The third-order valence-corrected chi connectivity index (χ3v) is 6.89. The van der Waals surface area contributed by atoms with E-state index in [1.165, 1.54) is 11.1 Å². The number of hydroxylamine groups is 2. The molecule has 1 aromatic rings. The van der Waals surface area contributed by atoms with E-state index in [1.807, 2.05) is 6.92 Å². The summed E-state index contributed by atoms with van der Waals surface area (Å²) >= 11 is 0. The summed E-state index contributed by atoms with van der Waals surface area (Å²) in [6, 6.07) is 6.90. The fraction of sp³-hybridized carbons (Fsp3) is 0.731. The predicted octanol–water partition coefficient (Wildman–Crippen LogP) is 3.41. The predicted molar refractivity (Wildman–Crippen MR) is 130 cm³/mol. The van der Waals surface area contributed by atoms with E-state index in [4.69, 9.17) is 9.57 Å². The molecule has 2 unspecified atom stereocenters. The second-order valence-corrected chi connectivity index (χ2v) is 9.36. The zero-order chi connectivity index (χ0) is 23.8. The van der Waals surface area contributed by atoms with E-state index >= 15 is 0 Å². The van der Waals surface area contributed by atoms with Gasteiger partial charge < -0.3 is 9.84 Å². The molecule has 1 fully saturated rings. The number of ether oxygens (including phenoxy) is 1. The Morgan fingerprint density at radius 2 is 2.09 bits per heavy atom. The van der Waals surface area contributed by atoms with E-state index in [2.05, 4.69) is 48.8 Å². The van der Waals surface area contributed by atoms with Gasteiger partial charge in [-0.1, -0.05) is 32.9 Å². The maximum atomic E-state index is 13.1. The van der Waals surface area contributed by atoms with Crippen LogP contribution in [0, 0.1) is 0 Å². The fourth-order valence-electron chi connectivity index (χ4n) is 5.02. The first-order chi connectivity index (χ1) is 16.0. The Bertz CT molecular complexity index is 757. The van der Waals surface area contributed by atoms with Crippen LogP contribution in [0.5, 0.6) is 5.75 Å². The van der Waals surface area contributed by atoms with Crippen LogP contribution in [0.2, 0.25) is 0 Å². The van der Waals surface area contributed by atoms with Gasteiger partial charge in [-0.15, -0.1) is 0 Å². The smallest absolute Gasteiger partial charge is 0.260 e. The lowest BCUT2D eigenvalue weighted by Crippen LogP contribution is -2.44. The van der Waals surface area contributed by atoms with Crippen LogP contribution >= 0.6 is 0 Å². The average Bonchev–Trinajstić information content (AvgIpc) is 3.43. The molecule has 7 nitrogen and oxygen atoms in total. The number of benzene rings is 1. The number of hydrogen-bond donors (Lipinski definition) is 1. The molecule has 33 heavy (non-hydrogen) atoms. The molecule has 186 valence electrons. The molecule has 0 aliphatic carbocycles. The van der Waals surface area contributed by atoms with Gasteiger partial charge in [-0.25, -0.2) is 5.06 Å². The third-order valence-electron chi connectivity index (χ3n) is 6.89.